The molecule has 5 nitrogen and oxygen atoms in total. The first kappa shape index (κ1) is 18.7. The van der Waals surface area contributed by atoms with E-state index in [1.807, 2.05) is 47.5 Å². The maximum atomic E-state index is 12.7. The smallest absolute Gasteiger partial charge is 0.321 e. The highest BCUT2D eigenvalue weighted by Crippen LogP contribution is 2.26. The summed E-state index contributed by atoms with van der Waals surface area (Å²) in [5, 5.41) is 6.05. The monoisotopic (exact) mass is 392 g/mol. The van der Waals surface area contributed by atoms with Crippen molar-refractivity contribution in [3.63, 3.8) is 0 Å². The minimum atomic E-state index is -0.0353. The van der Waals surface area contributed by atoms with Crippen LogP contribution in [-0.2, 0) is 6.54 Å². The first-order valence-corrected chi connectivity index (χ1v) is 10.4. The van der Waals surface area contributed by atoms with Gasteiger partial charge in [-0.1, -0.05) is 42.5 Å². The van der Waals surface area contributed by atoms with Crippen molar-refractivity contribution in [2.75, 3.05) is 31.5 Å². The van der Waals surface area contributed by atoms with Gasteiger partial charge < -0.3 is 10.2 Å². The quantitative estimate of drug-likeness (QED) is 0.713. The van der Waals surface area contributed by atoms with Gasteiger partial charge in [-0.05, 0) is 24.6 Å². The van der Waals surface area contributed by atoms with Gasteiger partial charge in [0, 0.05) is 55.0 Å². The zero-order chi connectivity index (χ0) is 19.3. The number of hydrogen-bond acceptors (Lipinski definition) is 4. The summed E-state index contributed by atoms with van der Waals surface area (Å²) in [5.74, 6) is 0. The van der Waals surface area contributed by atoms with Crippen LogP contribution in [0.25, 0.3) is 10.6 Å². The highest BCUT2D eigenvalue weighted by molar-refractivity contribution is 7.13. The molecule has 2 heterocycles. The number of nitrogens with zero attached hydrogens (tertiary/aromatic N) is 3. The topological polar surface area (TPSA) is 48.5 Å². The van der Waals surface area contributed by atoms with E-state index in [-0.39, 0.29) is 6.03 Å². The Kier molecular flexibility index (Phi) is 5.69. The number of nitrogens with one attached hydrogen (secondary N) is 1. The summed E-state index contributed by atoms with van der Waals surface area (Å²) in [7, 11) is 0. The van der Waals surface area contributed by atoms with Gasteiger partial charge >= 0.3 is 6.03 Å². The van der Waals surface area contributed by atoms with Crippen LogP contribution in [0.3, 0.4) is 0 Å². The molecule has 28 heavy (non-hydrogen) atoms. The van der Waals surface area contributed by atoms with Crippen molar-refractivity contribution in [1.82, 2.24) is 14.8 Å². The molecular formula is C22H24N4OS. The predicted octanol–water partition coefficient (Wildman–Crippen LogP) is 4.47. The molecule has 144 valence electrons. The van der Waals surface area contributed by atoms with E-state index in [1.54, 1.807) is 11.3 Å². The molecule has 2 aromatic carbocycles. The van der Waals surface area contributed by atoms with Crippen LogP contribution in [0.15, 0.2) is 60.0 Å². The molecule has 0 saturated carbocycles. The highest BCUT2D eigenvalue weighted by atomic mass is 32.1. The number of amides is 2. The van der Waals surface area contributed by atoms with Crippen molar-refractivity contribution in [3.8, 4) is 10.6 Å². The molecule has 1 aromatic heterocycles. The Morgan fingerprint density at radius 3 is 2.57 bits per heavy atom. The normalized spacial score (nSPS) is 14.8. The molecule has 0 bridgehead atoms. The molecule has 1 aliphatic heterocycles. The largest absolute Gasteiger partial charge is 0.322 e. The van der Waals surface area contributed by atoms with E-state index in [1.165, 1.54) is 5.56 Å². The van der Waals surface area contributed by atoms with Crippen molar-refractivity contribution in [1.29, 1.82) is 0 Å². The van der Waals surface area contributed by atoms with Crippen LogP contribution in [0.2, 0.25) is 0 Å². The molecule has 0 atom stereocenters. The van der Waals surface area contributed by atoms with E-state index in [0.717, 1.165) is 54.7 Å². The average molecular weight is 393 g/mol. The molecule has 0 unspecified atom stereocenters. The molecule has 4 rings (SSSR count). The highest BCUT2D eigenvalue weighted by Gasteiger charge is 2.21. The van der Waals surface area contributed by atoms with Gasteiger partial charge in [-0.3, -0.25) is 4.90 Å². The molecule has 0 radical (unpaired) electrons. The first-order chi connectivity index (χ1) is 13.7. The Bertz CT molecular complexity index is 932. The summed E-state index contributed by atoms with van der Waals surface area (Å²) >= 11 is 1.62. The maximum Gasteiger partial charge on any atom is 0.321 e. The summed E-state index contributed by atoms with van der Waals surface area (Å²) in [5.41, 5.74) is 4.17. The SMILES string of the molecule is Cc1csc(-c2cccc(NC(=O)N3CCN(Cc4ccccc4)CC3)c2)n1. The average Bonchev–Trinajstić information content (AvgIpc) is 3.16. The lowest BCUT2D eigenvalue weighted by Crippen LogP contribution is -2.49. The number of anilines is 1. The number of aryl methyl sites for hydroxylation is 1. The van der Waals surface area contributed by atoms with E-state index < -0.39 is 0 Å². The van der Waals surface area contributed by atoms with Crippen LogP contribution in [0.4, 0.5) is 10.5 Å². The van der Waals surface area contributed by atoms with Gasteiger partial charge in [0.2, 0.25) is 0 Å². The number of piperazine rings is 1. The molecule has 1 fully saturated rings. The summed E-state index contributed by atoms with van der Waals surface area (Å²) in [4.78, 5) is 21.5. The fourth-order valence-corrected chi connectivity index (χ4v) is 4.16. The van der Waals surface area contributed by atoms with Gasteiger partial charge in [-0.25, -0.2) is 9.78 Å². The Balaban J connectivity index is 1.32. The second-order valence-corrected chi connectivity index (χ2v) is 7.91. The zero-order valence-electron chi connectivity index (χ0n) is 16.0. The van der Waals surface area contributed by atoms with Crippen molar-refractivity contribution >= 4 is 23.1 Å². The minimum Gasteiger partial charge on any atom is -0.322 e. The van der Waals surface area contributed by atoms with E-state index in [0.29, 0.717) is 0 Å². The van der Waals surface area contributed by atoms with Crippen LogP contribution in [0.1, 0.15) is 11.3 Å². The molecule has 0 spiro atoms. The van der Waals surface area contributed by atoms with Gasteiger partial charge in [-0.2, -0.15) is 0 Å². The number of aromatic nitrogens is 1. The van der Waals surface area contributed by atoms with Crippen LogP contribution in [-0.4, -0.2) is 47.0 Å². The maximum absolute atomic E-state index is 12.7. The van der Waals surface area contributed by atoms with Crippen LogP contribution in [0.5, 0.6) is 0 Å². The molecule has 3 aromatic rings. The summed E-state index contributed by atoms with van der Waals surface area (Å²) < 4.78 is 0. The standard InChI is InChI=1S/C22H24N4OS/c1-17-16-28-21(23-17)19-8-5-9-20(14-19)24-22(27)26-12-10-25(11-13-26)15-18-6-3-2-4-7-18/h2-9,14,16H,10-13,15H2,1H3,(H,24,27). The zero-order valence-corrected chi connectivity index (χ0v) is 16.8. The second kappa shape index (κ2) is 8.54. The third-order valence-electron chi connectivity index (χ3n) is 4.89. The van der Waals surface area contributed by atoms with E-state index in [2.05, 4.69) is 39.5 Å². The van der Waals surface area contributed by atoms with E-state index >= 15 is 0 Å². The van der Waals surface area contributed by atoms with Gasteiger partial charge in [0.1, 0.15) is 5.01 Å². The van der Waals surface area contributed by atoms with E-state index in [9.17, 15) is 4.79 Å². The van der Waals surface area contributed by atoms with Gasteiger partial charge in [0.15, 0.2) is 0 Å². The number of hydrogen-bond donors (Lipinski definition) is 1. The van der Waals surface area contributed by atoms with Gasteiger partial charge in [0.05, 0.1) is 0 Å². The predicted molar refractivity (Wildman–Crippen MR) is 115 cm³/mol. The van der Waals surface area contributed by atoms with Crippen molar-refractivity contribution in [3.05, 3.63) is 71.2 Å². The fraction of sp³-hybridized carbons (Fsp3) is 0.273. The molecule has 2 amide bonds. The molecule has 1 aliphatic rings. The number of carbonyl (C=O) groups is 1. The van der Waals surface area contributed by atoms with Crippen LogP contribution < -0.4 is 5.32 Å². The first-order valence-electron chi connectivity index (χ1n) is 9.52. The lowest BCUT2D eigenvalue weighted by Gasteiger charge is -2.34. The third kappa shape index (κ3) is 4.58. The molecular weight excluding hydrogens is 368 g/mol. The summed E-state index contributed by atoms with van der Waals surface area (Å²) in [6.07, 6.45) is 0. The Hall–Kier alpha value is -2.70. The lowest BCUT2D eigenvalue weighted by atomic mass is 10.2. The molecule has 1 N–H and O–H groups in total. The summed E-state index contributed by atoms with van der Waals surface area (Å²) in [6, 6.07) is 18.3. The minimum absolute atomic E-state index is 0.0353. The Morgan fingerprint density at radius 2 is 1.86 bits per heavy atom. The number of thiazole rings is 1. The summed E-state index contributed by atoms with van der Waals surface area (Å²) in [6.45, 7) is 6.18. The molecule has 0 aliphatic carbocycles. The number of rotatable bonds is 4. The number of carbonyl (C=O) groups excluding carboxylic acids is 1. The van der Waals surface area contributed by atoms with Crippen LogP contribution >= 0.6 is 11.3 Å². The Morgan fingerprint density at radius 1 is 1.07 bits per heavy atom. The van der Waals surface area contributed by atoms with Crippen molar-refractivity contribution in [2.24, 2.45) is 0 Å². The van der Waals surface area contributed by atoms with Crippen molar-refractivity contribution < 1.29 is 4.79 Å². The van der Waals surface area contributed by atoms with Gasteiger partial charge in [-0.15, -0.1) is 11.3 Å². The fourth-order valence-electron chi connectivity index (χ4n) is 3.37. The van der Waals surface area contributed by atoms with Crippen LogP contribution in [0, 0.1) is 6.92 Å². The number of benzene rings is 2. The molecule has 6 heteroatoms. The number of urea groups is 1. The second-order valence-electron chi connectivity index (χ2n) is 7.05. The van der Waals surface area contributed by atoms with E-state index in [4.69, 9.17) is 0 Å². The Labute approximate surface area is 169 Å². The van der Waals surface area contributed by atoms with Crippen molar-refractivity contribution in [2.45, 2.75) is 13.5 Å². The molecule has 1 saturated heterocycles. The van der Waals surface area contributed by atoms with Gasteiger partial charge in [0.25, 0.3) is 0 Å². The third-order valence-corrected chi connectivity index (χ3v) is 5.90. The lowest BCUT2D eigenvalue weighted by molar-refractivity contribution is 0.143.